The van der Waals surface area contributed by atoms with Gasteiger partial charge in [-0.1, -0.05) is 109 Å². The second kappa shape index (κ2) is 9.53. The number of aryl methyl sites for hydroxylation is 1. The highest BCUT2D eigenvalue weighted by atomic mass is 32.2. The van der Waals surface area contributed by atoms with Crippen LogP contribution in [0.25, 0.3) is 12.2 Å². The summed E-state index contributed by atoms with van der Waals surface area (Å²) in [5.74, 6) is 0.409. The van der Waals surface area contributed by atoms with Gasteiger partial charge in [0.25, 0.3) is 5.91 Å². The van der Waals surface area contributed by atoms with Crippen LogP contribution < -0.4 is 5.73 Å². The molecule has 1 atom stereocenters. The summed E-state index contributed by atoms with van der Waals surface area (Å²) in [6.45, 7) is 1.92. The zero-order valence-electron chi connectivity index (χ0n) is 18.8. The van der Waals surface area contributed by atoms with Gasteiger partial charge in [-0.15, -0.1) is 0 Å². The van der Waals surface area contributed by atoms with E-state index < -0.39 is 0 Å². The Bertz CT molecular complexity index is 1370. The molecule has 0 saturated carbocycles. The lowest BCUT2D eigenvalue weighted by Gasteiger charge is -2.21. The number of aliphatic imine (C=N–C) groups is 1. The molecule has 168 valence electrons. The molecule has 6 heteroatoms. The molecule has 0 radical (unpaired) electrons. The molecule has 4 aromatic rings. The maximum absolute atomic E-state index is 13.1. The summed E-state index contributed by atoms with van der Waals surface area (Å²) in [7, 11) is 0. The Hall–Kier alpha value is -3.90. The predicted molar refractivity (Wildman–Crippen MR) is 140 cm³/mol. The Morgan fingerprint density at radius 2 is 1.56 bits per heavy atom. The Kier molecular flexibility index (Phi) is 6.14. The van der Waals surface area contributed by atoms with Gasteiger partial charge in [-0.2, -0.15) is 9.78 Å². The van der Waals surface area contributed by atoms with Gasteiger partial charge >= 0.3 is 0 Å². The number of fused-ring (bicyclic) bond motifs is 1. The topological polar surface area (TPSA) is 73.3 Å². The van der Waals surface area contributed by atoms with Gasteiger partial charge in [-0.3, -0.25) is 4.79 Å². The molecule has 0 amide bonds. The summed E-state index contributed by atoms with van der Waals surface area (Å²) < 4.78 is 1.41. The lowest BCUT2D eigenvalue weighted by atomic mass is 10.0. The van der Waals surface area contributed by atoms with Gasteiger partial charge < -0.3 is 5.73 Å². The number of benzene rings is 3. The smallest absolute Gasteiger partial charge is 0.253 e. The Morgan fingerprint density at radius 1 is 0.941 bits per heavy atom. The van der Waals surface area contributed by atoms with Gasteiger partial charge in [0.15, 0.2) is 11.0 Å². The first-order valence-corrected chi connectivity index (χ1v) is 12.0. The van der Waals surface area contributed by atoms with Crippen molar-refractivity contribution in [1.29, 1.82) is 0 Å². The minimum absolute atomic E-state index is 0.0714. The van der Waals surface area contributed by atoms with E-state index in [9.17, 15) is 4.79 Å². The fraction of sp³-hybridized carbons (Fsp3) is 0.107. The van der Waals surface area contributed by atoms with E-state index in [-0.39, 0.29) is 17.6 Å². The summed E-state index contributed by atoms with van der Waals surface area (Å²) in [5, 5.41) is 4.92. The van der Waals surface area contributed by atoms with E-state index in [2.05, 4.69) is 58.6 Å². The second-order valence-corrected chi connectivity index (χ2v) is 9.27. The number of carbonyl (C=O) groups excluding carboxylic acids is 1. The van der Waals surface area contributed by atoms with Crippen molar-refractivity contribution in [2.45, 2.75) is 18.6 Å². The van der Waals surface area contributed by atoms with Crippen LogP contribution in [0, 0.1) is 6.92 Å². The number of hydrogen-bond acceptors (Lipinski definition) is 5. The van der Waals surface area contributed by atoms with Crippen molar-refractivity contribution in [2.75, 3.05) is 0 Å². The largest absolute Gasteiger partial charge is 0.378 e. The third-order valence-corrected chi connectivity index (χ3v) is 6.82. The Morgan fingerprint density at radius 3 is 2.24 bits per heavy atom. The molecule has 0 unspecified atom stereocenters. The van der Waals surface area contributed by atoms with Crippen molar-refractivity contribution < 1.29 is 4.79 Å². The van der Waals surface area contributed by atoms with E-state index in [0.717, 1.165) is 33.5 Å². The highest BCUT2D eigenvalue weighted by Crippen LogP contribution is 2.46. The first kappa shape index (κ1) is 21.9. The van der Waals surface area contributed by atoms with Crippen LogP contribution >= 0.6 is 11.8 Å². The molecule has 2 heterocycles. The van der Waals surface area contributed by atoms with Crippen LogP contribution in [0.4, 0.5) is 5.82 Å². The molecule has 0 saturated heterocycles. The van der Waals surface area contributed by atoms with Crippen molar-refractivity contribution in [2.24, 2.45) is 10.7 Å². The van der Waals surface area contributed by atoms with Gasteiger partial charge in [0.2, 0.25) is 0 Å². The minimum Gasteiger partial charge on any atom is -0.378 e. The SMILES string of the molecule is Cc1nn(C(=O)Cc2ccccc2)c2c1[C@@H](c1ccc(/C=C/c3ccccc3)cc1)SC(N)=N2. The second-order valence-electron chi connectivity index (χ2n) is 8.15. The summed E-state index contributed by atoms with van der Waals surface area (Å²) in [5.41, 5.74) is 12.2. The summed E-state index contributed by atoms with van der Waals surface area (Å²) in [6.07, 6.45) is 4.45. The van der Waals surface area contributed by atoms with Gasteiger partial charge in [0.05, 0.1) is 17.4 Å². The van der Waals surface area contributed by atoms with Crippen molar-refractivity contribution >= 4 is 40.8 Å². The predicted octanol–water partition coefficient (Wildman–Crippen LogP) is 6.03. The lowest BCUT2D eigenvalue weighted by molar-refractivity contribution is 0.0900. The van der Waals surface area contributed by atoms with Gasteiger partial charge in [-0.25, -0.2) is 4.99 Å². The van der Waals surface area contributed by atoms with E-state index in [4.69, 9.17) is 5.73 Å². The lowest BCUT2D eigenvalue weighted by Crippen LogP contribution is -2.18. The minimum atomic E-state index is -0.126. The van der Waals surface area contributed by atoms with Crippen LogP contribution in [-0.4, -0.2) is 20.9 Å². The number of amidine groups is 1. The van der Waals surface area contributed by atoms with E-state index in [0.29, 0.717) is 11.0 Å². The first-order chi connectivity index (χ1) is 16.6. The Labute approximate surface area is 203 Å². The van der Waals surface area contributed by atoms with E-state index in [1.807, 2.05) is 55.5 Å². The third-order valence-electron chi connectivity index (χ3n) is 5.74. The summed E-state index contributed by atoms with van der Waals surface area (Å²) >= 11 is 1.49. The zero-order chi connectivity index (χ0) is 23.5. The quantitative estimate of drug-likeness (QED) is 0.366. The number of nitrogens with two attached hydrogens (primary N) is 1. The van der Waals surface area contributed by atoms with Crippen LogP contribution in [0.15, 0.2) is 89.9 Å². The molecule has 1 aromatic heterocycles. The van der Waals surface area contributed by atoms with E-state index >= 15 is 0 Å². The van der Waals surface area contributed by atoms with Crippen molar-refractivity contribution in [3.05, 3.63) is 118 Å². The molecular weight excluding hydrogens is 440 g/mol. The van der Waals surface area contributed by atoms with Crippen LogP contribution in [-0.2, 0) is 6.42 Å². The average molecular weight is 465 g/mol. The number of carbonyl (C=O) groups is 1. The number of hydrogen-bond donors (Lipinski definition) is 1. The van der Waals surface area contributed by atoms with Crippen molar-refractivity contribution in [3.8, 4) is 0 Å². The van der Waals surface area contributed by atoms with Gasteiger partial charge in [0.1, 0.15) is 0 Å². The number of thioether (sulfide) groups is 1. The number of rotatable bonds is 5. The number of aromatic nitrogens is 2. The molecule has 0 bridgehead atoms. The van der Waals surface area contributed by atoms with E-state index in [1.165, 1.54) is 16.4 Å². The molecule has 0 aliphatic carbocycles. The fourth-order valence-corrected chi connectivity index (χ4v) is 5.11. The molecule has 3 aromatic carbocycles. The van der Waals surface area contributed by atoms with Crippen LogP contribution in [0.3, 0.4) is 0 Å². The molecule has 0 spiro atoms. The standard InChI is InChI=1S/C28H24N4OS/c1-19-25-26(23-16-14-21(15-17-23)13-12-20-8-4-2-5-9-20)34-28(29)30-27(25)32(31-19)24(33)18-22-10-6-3-7-11-22/h2-17,26H,18H2,1H3,(H2,29,30)/b13-12+/t26-/m1/s1. The fourth-order valence-electron chi connectivity index (χ4n) is 4.04. The first-order valence-electron chi connectivity index (χ1n) is 11.1. The maximum Gasteiger partial charge on any atom is 0.253 e. The number of nitrogens with zero attached hydrogens (tertiary/aromatic N) is 3. The molecule has 0 fully saturated rings. The molecule has 34 heavy (non-hydrogen) atoms. The highest BCUT2D eigenvalue weighted by Gasteiger charge is 2.31. The van der Waals surface area contributed by atoms with Crippen molar-refractivity contribution in [1.82, 2.24) is 9.78 Å². The molecule has 5 rings (SSSR count). The summed E-state index contributed by atoms with van der Waals surface area (Å²) in [4.78, 5) is 17.6. The van der Waals surface area contributed by atoms with Crippen molar-refractivity contribution in [3.63, 3.8) is 0 Å². The zero-order valence-corrected chi connectivity index (χ0v) is 19.6. The monoisotopic (exact) mass is 464 g/mol. The Balaban J connectivity index is 1.42. The molecule has 1 aliphatic rings. The van der Waals surface area contributed by atoms with Gasteiger partial charge in [0, 0.05) is 5.56 Å². The molecule has 5 nitrogen and oxygen atoms in total. The van der Waals surface area contributed by atoms with Crippen LogP contribution in [0.1, 0.15) is 43.6 Å². The highest BCUT2D eigenvalue weighted by molar-refractivity contribution is 8.14. The molecule has 2 N–H and O–H groups in total. The van der Waals surface area contributed by atoms with Crippen LogP contribution in [0.5, 0.6) is 0 Å². The normalized spacial score (nSPS) is 15.2. The molecular formula is C28H24N4OS. The average Bonchev–Trinajstić information content (AvgIpc) is 3.20. The van der Waals surface area contributed by atoms with Crippen LogP contribution in [0.2, 0.25) is 0 Å². The summed E-state index contributed by atoms with van der Waals surface area (Å²) in [6, 6.07) is 28.3. The van der Waals surface area contributed by atoms with Gasteiger partial charge in [-0.05, 0) is 29.2 Å². The van der Waals surface area contributed by atoms with E-state index in [1.54, 1.807) is 0 Å². The maximum atomic E-state index is 13.1. The molecule has 1 aliphatic heterocycles. The third kappa shape index (κ3) is 4.58.